The molecule has 7 nitrogen and oxygen atoms in total. The van der Waals surface area contributed by atoms with Gasteiger partial charge in [-0.3, -0.25) is 0 Å². The van der Waals surface area contributed by atoms with Crippen LogP contribution in [0.4, 0.5) is 17.8 Å². The summed E-state index contributed by atoms with van der Waals surface area (Å²) in [6.45, 7) is 10.3. The maximum atomic E-state index is 5.66. The van der Waals surface area contributed by atoms with Crippen LogP contribution >= 0.6 is 0 Å². The highest BCUT2D eigenvalue weighted by molar-refractivity contribution is 5.43. The third-order valence-electron chi connectivity index (χ3n) is 2.76. The number of hydrogen-bond donors (Lipinski definition) is 2. The molecule has 0 radical (unpaired) electrons. The van der Waals surface area contributed by atoms with Crippen molar-refractivity contribution in [3.8, 4) is 0 Å². The molecule has 0 aromatic carbocycles. The highest BCUT2D eigenvalue weighted by Gasteiger charge is 2.18. The van der Waals surface area contributed by atoms with Gasteiger partial charge in [0.05, 0.1) is 5.60 Å². The highest BCUT2D eigenvalue weighted by atomic mass is 16.5. The Morgan fingerprint density at radius 3 is 2.19 bits per heavy atom. The molecule has 0 amide bonds. The molecule has 0 fully saturated rings. The second-order valence-electron chi connectivity index (χ2n) is 5.65. The van der Waals surface area contributed by atoms with Gasteiger partial charge in [-0.1, -0.05) is 6.92 Å². The molecule has 1 rings (SSSR count). The van der Waals surface area contributed by atoms with E-state index in [1.807, 2.05) is 39.8 Å². The van der Waals surface area contributed by atoms with Crippen molar-refractivity contribution in [3.63, 3.8) is 0 Å². The first-order chi connectivity index (χ1) is 9.88. The maximum absolute atomic E-state index is 5.66. The van der Waals surface area contributed by atoms with E-state index in [-0.39, 0.29) is 5.60 Å². The van der Waals surface area contributed by atoms with Gasteiger partial charge >= 0.3 is 0 Å². The third kappa shape index (κ3) is 6.12. The lowest BCUT2D eigenvalue weighted by Crippen LogP contribution is -2.34. The van der Waals surface area contributed by atoms with Crippen LogP contribution in [0.25, 0.3) is 0 Å². The summed E-state index contributed by atoms with van der Waals surface area (Å²) in [4.78, 5) is 15.0. The Bertz CT molecular complexity index is 435. The van der Waals surface area contributed by atoms with Crippen molar-refractivity contribution in [1.82, 2.24) is 15.0 Å². The number of anilines is 3. The summed E-state index contributed by atoms with van der Waals surface area (Å²) in [5.74, 6) is 1.77. The lowest BCUT2D eigenvalue weighted by Gasteiger charge is -2.25. The average Bonchev–Trinajstić information content (AvgIpc) is 2.43. The molecule has 0 atom stereocenters. The lowest BCUT2D eigenvalue weighted by atomic mass is 10.1. The first-order valence-corrected chi connectivity index (χ1v) is 7.43. The van der Waals surface area contributed by atoms with E-state index in [1.54, 1.807) is 0 Å². The van der Waals surface area contributed by atoms with E-state index in [1.165, 1.54) is 0 Å². The fraction of sp³-hybridized carbons (Fsp3) is 0.786. The second kappa shape index (κ2) is 7.97. The molecule has 0 unspecified atom stereocenters. The van der Waals surface area contributed by atoms with E-state index in [0.29, 0.717) is 31.0 Å². The summed E-state index contributed by atoms with van der Waals surface area (Å²) in [6, 6.07) is 0. The fourth-order valence-electron chi connectivity index (χ4n) is 1.69. The molecular formula is C14H28N6O. The van der Waals surface area contributed by atoms with Crippen LogP contribution in [0.1, 0.15) is 34.1 Å². The fourth-order valence-corrected chi connectivity index (χ4v) is 1.69. The van der Waals surface area contributed by atoms with Gasteiger partial charge in [0.1, 0.15) is 0 Å². The van der Waals surface area contributed by atoms with Crippen molar-refractivity contribution in [2.24, 2.45) is 0 Å². The second-order valence-corrected chi connectivity index (χ2v) is 5.65. The lowest BCUT2D eigenvalue weighted by molar-refractivity contribution is 0.000581. The van der Waals surface area contributed by atoms with Gasteiger partial charge in [0.25, 0.3) is 0 Å². The molecule has 0 saturated carbocycles. The number of nitrogens with one attached hydrogen (secondary N) is 2. The Hall–Kier alpha value is -1.63. The van der Waals surface area contributed by atoms with E-state index >= 15 is 0 Å². The normalized spacial score (nSPS) is 11.3. The molecule has 0 aliphatic carbocycles. The third-order valence-corrected chi connectivity index (χ3v) is 2.76. The first kappa shape index (κ1) is 17.4. The topological polar surface area (TPSA) is 75.2 Å². The zero-order chi connectivity index (χ0) is 15.9. The van der Waals surface area contributed by atoms with Gasteiger partial charge in [0.2, 0.25) is 17.8 Å². The van der Waals surface area contributed by atoms with Gasteiger partial charge in [0.15, 0.2) is 0 Å². The van der Waals surface area contributed by atoms with Gasteiger partial charge in [-0.15, -0.1) is 0 Å². The molecule has 1 aromatic heterocycles. The minimum absolute atomic E-state index is 0.267. The van der Waals surface area contributed by atoms with Crippen molar-refractivity contribution in [2.45, 2.75) is 39.7 Å². The van der Waals surface area contributed by atoms with Crippen molar-refractivity contribution in [1.29, 1.82) is 0 Å². The molecule has 1 aromatic rings. The van der Waals surface area contributed by atoms with E-state index in [9.17, 15) is 0 Å². The molecule has 1 heterocycles. The van der Waals surface area contributed by atoms with Crippen molar-refractivity contribution in [2.75, 3.05) is 49.3 Å². The molecule has 0 aliphatic rings. The summed E-state index contributed by atoms with van der Waals surface area (Å²) in [7, 11) is 3.82. The van der Waals surface area contributed by atoms with Crippen LogP contribution in [0.15, 0.2) is 0 Å². The average molecular weight is 296 g/mol. The Morgan fingerprint density at radius 1 is 1.05 bits per heavy atom. The number of nitrogens with zero attached hydrogens (tertiary/aromatic N) is 4. The largest absolute Gasteiger partial charge is 0.374 e. The predicted octanol–water partition coefficient (Wildman–Crippen LogP) is 1.99. The minimum Gasteiger partial charge on any atom is -0.374 e. The summed E-state index contributed by atoms with van der Waals surface area (Å²) >= 11 is 0. The molecular weight excluding hydrogens is 268 g/mol. The van der Waals surface area contributed by atoms with Crippen LogP contribution in [0, 0.1) is 0 Å². The Kier molecular flexibility index (Phi) is 6.61. The van der Waals surface area contributed by atoms with Crippen LogP contribution in [0.5, 0.6) is 0 Å². The van der Waals surface area contributed by atoms with Gasteiger partial charge in [0, 0.05) is 33.8 Å². The minimum atomic E-state index is -0.267. The Balaban J connectivity index is 2.82. The van der Waals surface area contributed by atoms with Crippen LogP contribution in [0.3, 0.4) is 0 Å². The van der Waals surface area contributed by atoms with Crippen LogP contribution in [-0.4, -0.2) is 54.3 Å². The number of aromatic nitrogens is 3. The van der Waals surface area contributed by atoms with Gasteiger partial charge in [-0.05, 0) is 27.2 Å². The van der Waals surface area contributed by atoms with Crippen LogP contribution in [-0.2, 0) is 4.74 Å². The van der Waals surface area contributed by atoms with Crippen molar-refractivity contribution < 1.29 is 4.74 Å². The van der Waals surface area contributed by atoms with E-state index in [0.717, 1.165) is 13.0 Å². The Morgan fingerprint density at radius 2 is 1.67 bits per heavy atom. The zero-order valence-corrected chi connectivity index (χ0v) is 14.0. The SMILES string of the molecule is CCCNc1nc(NCC(C)(C)OCC)nc(N(C)C)n1. The number of rotatable bonds is 9. The molecule has 0 bridgehead atoms. The Labute approximate surface area is 127 Å². The first-order valence-electron chi connectivity index (χ1n) is 7.43. The maximum Gasteiger partial charge on any atom is 0.231 e. The molecule has 0 spiro atoms. The molecule has 2 N–H and O–H groups in total. The summed E-state index contributed by atoms with van der Waals surface area (Å²) < 4.78 is 5.66. The van der Waals surface area contributed by atoms with E-state index in [4.69, 9.17) is 4.74 Å². The standard InChI is InChI=1S/C14H28N6O/c1-7-9-15-11-17-12(19-13(18-11)20(5)6)16-10-14(3,4)21-8-2/h7-10H2,1-6H3,(H2,15,16,17,18,19). The summed E-state index contributed by atoms with van der Waals surface area (Å²) in [5.41, 5.74) is -0.267. The molecule has 21 heavy (non-hydrogen) atoms. The monoisotopic (exact) mass is 296 g/mol. The van der Waals surface area contributed by atoms with E-state index in [2.05, 4.69) is 32.5 Å². The zero-order valence-electron chi connectivity index (χ0n) is 14.0. The number of hydrogen-bond acceptors (Lipinski definition) is 7. The molecule has 120 valence electrons. The molecule has 7 heteroatoms. The summed E-state index contributed by atoms with van der Waals surface area (Å²) in [6.07, 6.45) is 1.02. The molecule has 0 aliphatic heterocycles. The van der Waals surface area contributed by atoms with E-state index < -0.39 is 0 Å². The van der Waals surface area contributed by atoms with Gasteiger partial charge in [-0.25, -0.2) is 0 Å². The predicted molar refractivity (Wildman–Crippen MR) is 87.1 cm³/mol. The van der Waals surface area contributed by atoms with Gasteiger partial charge in [-0.2, -0.15) is 15.0 Å². The van der Waals surface area contributed by atoms with Crippen LogP contribution < -0.4 is 15.5 Å². The highest BCUT2D eigenvalue weighted by Crippen LogP contribution is 2.14. The summed E-state index contributed by atoms with van der Waals surface area (Å²) in [5, 5.41) is 6.42. The number of ether oxygens (including phenoxy) is 1. The quantitative estimate of drug-likeness (QED) is 0.721. The van der Waals surface area contributed by atoms with Crippen molar-refractivity contribution in [3.05, 3.63) is 0 Å². The smallest absolute Gasteiger partial charge is 0.231 e. The van der Waals surface area contributed by atoms with Gasteiger partial charge < -0.3 is 20.3 Å². The van der Waals surface area contributed by atoms with Crippen molar-refractivity contribution >= 4 is 17.8 Å². The molecule has 0 saturated heterocycles. The van der Waals surface area contributed by atoms with Crippen LogP contribution in [0.2, 0.25) is 0 Å².